The zero-order valence-electron chi connectivity index (χ0n) is 15.2. The van der Waals surface area contributed by atoms with E-state index in [1.54, 1.807) is 6.07 Å². The maximum atomic E-state index is 13.1. The van der Waals surface area contributed by atoms with Crippen molar-refractivity contribution in [2.75, 3.05) is 0 Å². The molecule has 1 heterocycles. The second-order valence-electron chi connectivity index (χ2n) is 8.17. The number of carbonyl (C=O) groups is 1. The maximum Gasteiger partial charge on any atom is 0.272 e. The number of hydrogen-bond acceptors (Lipinski definition) is 2. The maximum absolute atomic E-state index is 13.1. The lowest BCUT2D eigenvalue weighted by Gasteiger charge is -2.22. The lowest BCUT2D eigenvalue weighted by atomic mass is 9.93. The van der Waals surface area contributed by atoms with Gasteiger partial charge < -0.3 is 5.32 Å². The van der Waals surface area contributed by atoms with Crippen molar-refractivity contribution in [3.8, 4) is 5.69 Å². The van der Waals surface area contributed by atoms with Crippen LogP contribution in [0.15, 0.2) is 18.2 Å². The van der Waals surface area contributed by atoms with Crippen molar-refractivity contribution in [2.24, 2.45) is 0 Å². The number of hydrogen-bond donors (Lipinski definition) is 1. The molecular formula is C21H23Cl2N3O. The Bertz CT molecular complexity index is 901. The van der Waals surface area contributed by atoms with Crippen molar-refractivity contribution < 1.29 is 4.79 Å². The predicted molar refractivity (Wildman–Crippen MR) is 107 cm³/mol. The first kappa shape index (κ1) is 17.6. The quantitative estimate of drug-likeness (QED) is 0.723. The Kier molecular flexibility index (Phi) is 4.44. The van der Waals surface area contributed by atoms with E-state index in [1.165, 1.54) is 25.0 Å². The largest absolute Gasteiger partial charge is 0.348 e. The summed E-state index contributed by atoms with van der Waals surface area (Å²) in [6.45, 7) is 0. The molecule has 1 amide bonds. The van der Waals surface area contributed by atoms with Gasteiger partial charge in [0.25, 0.3) is 5.91 Å². The third-order valence-corrected chi connectivity index (χ3v) is 7.02. The molecule has 3 aliphatic rings. The molecule has 1 aromatic carbocycles. The van der Waals surface area contributed by atoms with Gasteiger partial charge in [-0.25, -0.2) is 4.68 Å². The van der Waals surface area contributed by atoms with Crippen molar-refractivity contribution in [1.29, 1.82) is 0 Å². The fourth-order valence-corrected chi connectivity index (χ4v) is 5.72. The minimum atomic E-state index is -0.0189. The van der Waals surface area contributed by atoms with Crippen LogP contribution in [-0.4, -0.2) is 21.7 Å². The van der Waals surface area contributed by atoms with Gasteiger partial charge in [0.15, 0.2) is 5.69 Å². The van der Waals surface area contributed by atoms with E-state index in [1.807, 2.05) is 16.8 Å². The summed E-state index contributed by atoms with van der Waals surface area (Å²) in [5, 5.41) is 9.19. The predicted octanol–water partition coefficient (Wildman–Crippen LogP) is 5.61. The minimum absolute atomic E-state index is 0.0189. The topological polar surface area (TPSA) is 46.9 Å². The van der Waals surface area contributed by atoms with Crippen molar-refractivity contribution >= 4 is 29.1 Å². The first-order valence-corrected chi connectivity index (χ1v) is 10.8. The molecule has 3 aliphatic carbocycles. The number of rotatable bonds is 3. The Balaban J connectivity index is 1.55. The number of halogens is 2. The minimum Gasteiger partial charge on any atom is -0.348 e. The summed E-state index contributed by atoms with van der Waals surface area (Å²) >= 11 is 12.5. The molecule has 0 radical (unpaired) electrons. The molecule has 5 rings (SSSR count). The molecule has 2 fully saturated rings. The molecule has 27 heavy (non-hydrogen) atoms. The molecular weight excluding hydrogens is 381 g/mol. The molecule has 2 saturated carbocycles. The van der Waals surface area contributed by atoms with Crippen LogP contribution in [0.25, 0.3) is 5.69 Å². The molecule has 1 N–H and O–H groups in total. The van der Waals surface area contributed by atoms with Gasteiger partial charge in [-0.1, -0.05) is 42.5 Å². The normalized spacial score (nSPS) is 24.2. The van der Waals surface area contributed by atoms with E-state index in [2.05, 4.69) is 5.32 Å². The summed E-state index contributed by atoms with van der Waals surface area (Å²) in [5.41, 5.74) is 3.75. The highest BCUT2D eigenvalue weighted by Gasteiger charge is 2.44. The van der Waals surface area contributed by atoms with Gasteiger partial charge in [-0.15, -0.1) is 0 Å². The Morgan fingerprint density at radius 2 is 1.85 bits per heavy atom. The fourth-order valence-electron chi connectivity index (χ4n) is 5.24. The zero-order chi connectivity index (χ0) is 18.5. The number of fused-ring (bicyclic) bond motifs is 5. The smallest absolute Gasteiger partial charge is 0.272 e. The second-order valence-corrected chi connectivity index (χ2v) is 9.01. The molecule has 0 unspecified atom stereocenters. The number of carbonyl (C=O) groups excluding carboxylic acids is 1. The van der Waals surface area contributed by atoms with E-state index < -0.39 is 0 Å². The highest BCUT2D eigenvalue weighted by molar-refractivity contribution is 6.35. The van der Waals surface area contributed by atoms with Gasteiger partial charge in [-0.2, -0.15) is 5.10 Å². The average molecular weight is 404 g/mol. The lowest BCUT2D eigenvalue weighted by Crippen LogP contribution is -2.36. The van der Waals surface area contributed by atoms with Crippen molar-refractivity contribution in [2.45, 2.75) is 69.2 Å². The molecule has 2 bridgehead atoms. The van der Waals surface area contributed by atoms with E-state index in [0.717, 1.165) is 43.4 Å². The van der Waals surface area contributed by atoms with Crippen LogP contribution in [0.2, 0.25) is 10.0 Å². The van der Waals surface area contributed by atoms with Gasteiger partial charge in [0, 0.05) is 22.5 Å². The van der Waals surface area contributed by atoms with Gasteiger partial charge in [-0.05, 0) is 56.2 Å². The number of nitrogens with one attached hydrogen (secondary N) is 1. The lowest BCUT2D eigenvalue weighted by molar-refractivity contribution is 0.0921. The van der Waals surface area contributed by atoms with Crippen LogP contribution in [0.1, 0.15) is 84.9 Å². The molecule has 0 aliphatic heterocycles. The number of amides is 1. The molecule has 4 nitrogen and oxygen atoms in total. The monoisotopic (exact) mass is 403 g/mol. The molecule has 1 aromatic heterocycles. The Morgan fingerprint density at radius 3 is 2.63 bits per heavy atom. The SMILES string of the molecule is O=C(NC1CCCCC1)c1nn(-c2ccc(Cl)cc2Cl)c2c1[C@H]1CC[C@H]2C1. The number of aromatic nitrogens is 2. The van der Waals surface area contributed by atoms with Gasteiger partial charge >= 0.3 is 0 Å². The highest BCUT2D eigenvalue weighted by Crippen LogP contribution is 2.54. The first-order chi connectivity index (χ1) is 13.1. The third kappa shape index (κ3) is 2.98. The second kappa shape index (κ2) is 6.82. The summed E-state index contributed by atoms with van der Waals surface area (Å²) in [5.74, 6) is 0.909. The average Bonchev–Trinajstić information content (AvgIpc) is 3.35. The van der Waals surface area contributed by atoms with Gasteiger partial charge in [-0.3, -0.25) is 4.79 Å². The zero-order valence-corrected chi connectivity index (χ0v) is 16.7. The van der Waals surface area contributed by atoms with Crippen LogP contribution in [0.4, 0.5) is 0 Å². The number of benzene rings is 1. The summed E-state index contributed by atoms with van der Waals surface area (Å²) in [6.07, 6.45) is 9.26. The van der Waals surface area contributed by atoms with Crippen LogP contribution in [-0.2, 0) is 0 Å². The van der Waals surface area contributed by atoms with Gasteiger partial charge in [0.2, 0.25) is 0 Å². The van der Waals surface area contributed by atoms with Crippen LogP contribution < -0.4 is 5.32 Å². The molecule has 0 spiro atoms. The summed E-state index contributed by atoms with van der Waals surface area (Å²) in [6, 6.07) is 5.74. The summed E-state index contributed by atoms with van der Waals surface area (Å²) in [7, 11) is 0. The molecule has 6 heteroatoms. The van der Waals surface area contributed by atoms with E-state index in [9.17, 15) is 4.79 Å². The summed E-state index contributed by atoms with van der Waals surface area (Å²) < 4.78 is 1.91. The Labute approximate surface area is 169 Å². The van der Waals surface area contributed by atoms with Crippen molar-refractivity contribution in [1.82, 2.24) is 15.1 Å². The Morgan fingerprint density at radius 1 is 1.07 bits per heavy atom. The van der Waals surface area contributed by atoms with Crippen LogP contribution in [0.5, 0.6) is 0 Å². The Hall–Kier alpha value is -1.52. The van der Waals surface area contributed by atoms with Crippen LogP contribution in [0, 0.1) is 0 Å². The molecule has 142 valence electrons. The van der Waals surface area contributed by atoms with Crippen molar-refractivity contribution in [3.05, 3.63) is 45.2 Å². The first-order valence-electron chi connectivity index (χ1n) is 10.0. The van der Waals surface area contributed by atoms with Crippen molar-refractivity contribution in [3.63, 3.8) is 0 Å². The van der Waals surface area contributed by atoms with E-state index >= 15 is 0 Å². The van der Waals surface area contributed by atoms with Gasteiger partial charge in [0.05, 0.1) is 16.4 Å². The molecule has 2 atom stereocenters. The highest BCUT2D eigenvalue weighted by atomic mass is 35.5. The van der Waals surface area contributed by atoms with E-state index in [4.69, 9.17) is 28.3 Å². The molecule has 0 saturated heterocycles. The van der Waals surface area contributed by atoms with Crippen LogP contribution in [0.3, 0.4) is 0 Å². The van der Waals surface area contributed by atoms with E-state index in [0.29, 0.717) is 27.6 Å². The number of nitrogens with zero attached hydrogens (tertiary/aromatic N) is 2. The van der Waals surface area contributed by atoms with Gasteiger partial charge in [0.1, 0.15) is 0 Å². The van der Waals surface area contributed by atoms with Crippen LogP contribution >= 0.6 is 23.2 Å². The standard InChI is InChI=1S/C21H23Cl2N3O/c22-14-8-9-17(16(23)11-14)26-20-13-7-6-12(10-13)18(20)19(25-26)21(27)24-15-4-2-1-3-5-15/h8-9,11-13,15H,1-7,10H2,(H,24,27)/t12-,13-/m0/s1. The molecule has 2 aromatic rings. The van der Waals surface area contributed by atoms with E-state index in [-0.39, 0.29) is 11.9 Å². The fraction of sp³-hybridized carbons (Fsp3) is 0.524. The summed E-state index contributed by atoms with van der Waals surface area (Å²) in [4.78, 5) is 13.1. The third-order valence-electron chi connectivity index (χ3n) is 6.48.